The summed E-state index contributed by atoms with van der Waals surface area (Å²) in [5.74, 6) is 0.883. The first-order chi connectivity index (χ1) is 8.42. The standard InChI is InChI=1S/C16H24N2/c1-15(2)11-8-9-16(3,10-11)14(15)18-13-6-4-12(17)5-7-13/h4-7,11,14,18H,8-10,17H2,1-3H3. The van der Waals surface area contributed by atoms with Crippen LogP contribution in [0.4, 0.5) is 11.4 Å². The first-order valence-electron chi connectivity index (χ1n) is 7.04. The summed E-state index contributed by atoms with van der Waals surface area (Å²) in [6.07, 6.45) is 4.16. The van der Waals surface area contributed by atoms with Gasteiger partial charge < -0.3 is 11.1 Å². The van der Waals surface area contributed by atoms with E-state index in [4.69, 9.17) is 5.73 Å². The predicted molar refractivity (Wildman–Crippen MR) is 77.5 cm³/mol. The third-order valence-electron chi connectivity index (χ3n) is 5.49. The van der Waals surface area contributed by atoms with Crippen LogP contribution in [0, 0.1) is 16.7 Å². The highest BCUT2D eigenvalue weighted by Crippen LogP contribution is 2.63. The smallest absolute Gasteiger partial charge is 0.0368 e. The minimum atomic E-state index is 0.397. The van der Waals surface area contributed by atoms with Crippen molar-refractivity contribution in [2.75, 3.05) is 11.1 Å². The number of hydrogen-bond acceptors (Lipinski definition) is 2. The largest absolute Gasteiger partial charge is 0.399 e. The molecule has 0 spiro atoms. The summed E-state index contributed by atoms with van der Waals surface area (Å²) in [4.78, 5) is 0. The highest BCUT2D eigenvalue weighted by molar-refractivity contribution is 5.52. The van der Waals surface area contributed by atoms with Crippen molar-refractivity contribution in [2.45, 2.75) is 46.1 Å². The lowest BCUT2D eigenvalue weighted by Gasteiger charge is -2.43. The van der Waals surface area contributed by atoms with Crippen LogP contribution in [0.2, 0.25) is 0 Å². The van der Waals surface area contributed by atoms with Crippen molar-refractivity contribution >= 4 is 11.4 Å². The lowest BCUT2D eigenvalue weighted by molar-refractivity contribution is 0.155. The van der Waals surface area contributed by atoms with Gasteiger partial charge in [-0.15, -0.1) is 0 Å². The summed E-state index contributed by atoms with van der Waals surface area (Å²) in [6.45, 7) is 7.31. The van der Waals surface area contributed by atoms with E-state index < -0.39 is 0 Å². The molecule has 0 aromatic heterocycles. The average Bonchev–Trinajstić information content (AvgIpc) is 2.78. The molecule has 2 aliphatic rings. The molecule has 2 saturated carbocycles. The van der Waals surface area contributed by atoms with Gasteiger partial charge in [-0.1, -0.05) is 20.8 Å². The highest BCUT2D eigenvalue weighted by Gasteiger charge is 2.59. The predicted octanol–water partition coefficient (Wildman–Crippen LogP) is 3.90. The van der Waals surface area contributed by atoms with Crippen molar-refractivity contribution in [2.24, 2.45) is 16.7 Å². The van der Waals surface area contributed by atoms with Crippen molar-refractivity contribution < 1.29 is 0 Å². The van der Waals surface area contributed by atoms with E-state index in [1.165, 1.54) is 24.9 Å². The molecule has 0 amide bonds. The molecule has 0 saturated heterocycles. The van der Waals surface area contributed by atoms with Crippen molar-refractivity contribution in [3.8, 4) is 0 Å². The highest BCUT2D eigenvalue weighted by atomic mass is 15.0. The van der Waals surface area contributed by atoms with Gasteiger partial charge in [0.25, 0.3) is 0 Å². The van der Waals surface area contributed by atoms with E-state index in [0.29, 0.717) is 16.9 Å². The van der Waals surface area contributed by atoms with Crippen molar-refractivity contribution in [1.82, 2.24) is 0 Å². The number of benzene rings is 1. The van der Waals surface area contributed by atoms with Crippen molar-refractivity contribution in [1.29, 1.82) is 0 Å². The fourth-order valence-corrected chi connectivity index (χ4v) is 4.41. The molecule has 3 N–H and O–H groups in total. The van der Waals surface area contributed by atoms with E-state index >= 15 is 0 Å². The Kier molecular flexibility index (Phi) is 2.42. The molecule has 2 aliphatic carbocycles. The van der Waals surface area contributed by atoms with Gasteiger partial charge in [0.05, 0.1) is 0 Å². The Bertz CT molecular complexity index is 444. The zero-order valence-electron chi connectivity index (χ0n) is 11.7. The molecule has 3 rings (SSSR count). The van der Waals surface area contributed by atoms with Gasteiger partial charge >= 0.3 is 0 Å². The number of rotatable bonds is 2. The number of nitrogens with one attached hydrogen (secondary N) is 1. The molecule has 0 radical (unpaired) electrons. The van der Waals surface area contributed by atoms with Crippen molar-refractivity contribution in [3.63, 3.8) is 0 Å². The first kappa shape index (κ1) is 11.9. The van der Waals surface area contributed by atoms with Crippen LogP contribution in [0.1, 0.15) is 40.0 Å². The maximum absolute atomic E-state index is 5.75. The van der Waals surface area contributed by atoms with E-state index in [0.717, 1.165) is 11.6 Å². The molecule has 3 atom stereocenters. The minimum absolute atomic E-state index is 0.397. The number of anilines is 2. The quantitative estimate of drug-likeness (QED) is 0.774. The SMILES string of the molecule is CC12CCC(C1)C(C)(C)C2Nc1ccc(N)cc1. The Morgan fingerprint density at radius 3 is 2.39 bits per heavy atom. The van der Waals surface area contributed by atoms with E-state index in [2.05, 4.69) is 38.2 Å². The molecular formula is C16H24N2. The number of nitrogen functional groups attached to an aromatic ring is 1. The van der Waals surface area contributed by atoms with E-state index in [1.807, 2.05) is 12.1 Å². The molecule has 2 nitrogen and oxygen atoms in total. The maximum Gasteiger partial charge on any atom is 0.0368 e. The van der Waals surface area contributed by atoms with Crippen LogP contribution in [-0.4, -0.2) is 6.04 Å². The molecular weight excluding hydrogens is 220 g/mol. The second-order valence-corrected chi connectivity index (χ2v) is 7.11. The van der Waals surface area contributed by atoms with Crippen LogP contribution in [0.15, 0.2) is 24.3 Å². The zero-order chi connectivity index (χ0) is 13.0. The molecule has 2 fully saturated rings. The minimum Gasteiger partial charge on any atom is -0.399 e. The molecule has 1 aromatic rings. The number of hydrogen-bond donors (Lipinski definition) is 2. The Labute approximate surface area is 110 Å². The van der Waals surface area contributed by atoms with Gasteiger partial charge in [-0.3, -0.25) is 0 Å². The molecule has 2 heteroatoms. The zero-order valence-corrected chi connectivity index (χ0v) is 11.7. The van der Waals surface area contributed by atoms with Gasteiger partial charge in [0, 0.05) is 17.4 Å². The van der Waals surface area contributed by atoms with E-state index in [1.54, 1.807) is 0 Å². The second kappa shape index (κ2) is 3.66. The topological polar surface area (TPSA) is 38.0 Å². The normalized spacial score (nSPS) is 36.8. The van der Waals surface area contributed by atoms with Gasteiger partial charge in [-0.05, 0) is 60.3 Å². The molecule has 0 heterocycles. The Hall–Kier alpha value is -1.18. The van der Waals surface area contributed by atoms with Gasteiger partial charge in [-0.2, -0.15) is 0 Å². The second-order valence-electron chi connectivity index (χ2n) is 7.11. The summed E-state index contributed by atoms with van der Waals surface area (Å²) in [5, 5.41) is 3.77. The van der Waals surface area contributed by atoms with Crippen LogP contribution < -0.4 is 11.1 Å². The van der Waals surface area contributed by atoms with Crippen LogP contribution in [0.3, 0.4) is 0 Å². The fourth-order valence-electron chi connectivity index (χ4n) is 4.41. The van der Waals surface area contributed by atoms with E-state index in [-0.39, 0.29) is 0 Å². The van der Waals surface area contributed by atoms with E-state index in [9.17, 15) is 0 Å². The van der Waals surface area contributed by atoms with Crippen LogP contribution in [-0.2, 0) is 0 Å². The van der Waals surface area contributed by atoms with Crippen LogP contribution >= 0.6 is 0 Å². The number of nitrogens with two attached hydrogens (primary N) is 1. The summed E-state index contributed by atoms with van der Waals surface area (Å²) >= 11 is 0. The van der Waals surface area contributed by atoms with Crippen molar-refractivity contribution in [3.05, 3.63) is 24.3 Å². The Morgan fingerprint density at radius 2 is 1.83 bits per heavy atom. The van der Waals surface area contributed by atoms with Gasteiger partial charge in [0.1, 0.15) is 0 Å². The summed E-state index contributed by atoms with van der Waals surface area (Å²) < 4.78 is 0. The molecule has 2 bridgehead atoms. The van der Waals surface area contributed by atoms with Crippen LogP contribution in [0.5, 0.6) is 0 Å². The summed E-state index contributed by atoms with van der Waals surface area (Å²) in [5.41, 5.74) is 8.65. The molecule has 18 heavy (non-hydrogen) atoms. The Balaban J connectivity index is 1.86. The Morgan fingerprint density at radius 1 is 1.17 bits per heavy atom. The molecule has 98 valence electrons. The summed E-state index contributed by atoms with van der Waals surface area (Å²) in [6, 6.07) is 8.73. The first-order valence-corrected chi connectivity index (χ1v) is 7.04. The van der Waals surface area contributed by atoms with Gasteiger partial charge in [0.15, 0.2) is 0 Å². The molecule has 3 unspecified atom stereocenters. The third-order valence-corrected chi connectivity index (χ3v) is 5.49. The number of fused-ring (bicyclic) bond motifs is 2. The molecule has 1 aromatic carbocycles. The lowest BCUT2D eigenvalue weighted by atomic mass is 9.68. The lowest BCUT2D eigenvalue weighted by Crippen LogP contribution is -2.45. The fraction of sp³-hybridized carbons (Fsp3) is 0.625. The van der Waals surface area contributed by atoms with Crippen LogP contribution in [0.25, 0.3) is 0 Å². The van der Waals surface area contributed by atoms with Gasteiger partial charge in [-0.25, -0.2) is 0 Å². The third kappa shape index (κ3) is 1.62. The monoisotopic (exact) mass is 244 g/mol. The maximum atomic E-state index is 5.75. The summed E-state index contributed by atoms with van der Waals surface area (Å²) in [7, 11) is 0. The molecule has 0 aliphatic heterocycles. The average molecular weight is 244 g/mol. The van der Waals surface area contributed by atoms with Gasteiger partial charge in [0.2, 0.25) is 0 Å².